The molecule has 1 aliphatic carbocycles. The van der Waals surface area contributed by atoms with Crippen molar-refractivity contribution in [3.63, 3.8) is 0 Å². The lowest BCUT2D eigenvalue weighted by Gasteiger charge is -2.44. The van der Waals surface area contributed by atoms with Crippen LogP contribution in [0.1, 0.15) is 35.6 Å². The van der Waals surface area contributed by atoms with E-state index < -0.39 is 15.7 Å². The summed E-state index contributed by atoms with van der Waals surface area (Å²) in [6.07, 6.45) is 2.57. The highest BCUT2D eigenvalue weighted by Crippen LogP contribution is 2.44. The van der Waals surface area contributed by atoms with Gasteiger partial charge < -0.3 is 9.64 Å². The van der Waals surface area contributed by atoms with Gasteiger partial charge in [-0.1, -0.05) is 36.4 Å². The minimum atomic E-state index is -3.48. The number of nitrogens with zero attached hydrogens (tertiary/aromatic N) is 2. The molecular formula is C22H23FN2O4S. The molecule has 30 heavy (non-hydrogen) atoms. The van der Waals surface area contributed by atoms with E-state index in [1.807, 2.05) is 12.1 Å². The fourth-order valence-corrected chi connectivity index (χ4v) is 5.32. The molecule has 3 aliphatic rings. The molecule has 158 valence electrons. The van der Waals surface area contributed by atoms with Crippen molar-refractivity contribution in [1.82, 2.24) is 4.90 Å². The number of aliphatic imine (C=N–C) groups is 1. The molecule has 2 aliphatic heterocycles. The maximum absolute atomic E-state index is 13.5. The molecule has 1 saturated carbocycles. The third-order valence-corrected chi connectivity index (χ3v) is 6.66. The van der Waals surface area contributed by atoms with Gasteiger partial charge in [-0.2, -0.15) is 8.42 Å². The van der Waals surface area contributed by atoms with Crippen LogP contribution in [-0.4, -0.2) is 50.4 Å². The Morgan fingerprint density at radius 1 is 1.17 bits per heavy atom. The zero-order valence-corrected chi connectivity index (χ0v) is 17.4. The lowest BCUT2D eigenvalue weighted by atomic mass is 9.78. The monoisotopic (exact) mass is 430 g/mol. The molecule has 1 spiro atoms. The van der Waals surface area contributed by atoms with Gasteiger partial charge in [-0.3, -0.25) is 4.18 Å². The lowest BCUT2D eigenvalue weighted by Crippen LogP contribution is -2.53. The molecule has 2 aromatic rings. The molecule has 0 N–H and O–H groups in total. The average molecular weight is 431 g/mol. The number of benzene rings is 2. The van der Waals surface area contributed by atoms with Crippen LogP contribution >= 0.6 is 0 Å². The highest BCUT2D eigenvalue weighted by Gasteiger charge is 2.53. The summed E-state index contributed by atoms with van der Waals surface area (Å²) >= 11 is 0. The number of halogens is 1. The minimum absolute atomic E-state index is 0.118. The van der Waals surface area contributed by atoms with Gasteiger partial charge in [0.2, 0.25) is 0 Å². The van der Waals surface area contributed by atoms with Gasteiger partial charge in [0.25, 0.3) is 16.1 Å². The van der Waals surface area contributed by atoms with Gasteiger partial charge in [-0.05, 0) is 35.2 Å². The summed E-state index contributed by atoms with van der Waals surface area (Å²) in [6.45, 7) is 1.22. The molecule has 0 bridgehead atoms. The van der Waals surface area contributed by atoms with E-state index in [2.05, 4.69) is 22.0 Å². The third-order valence-electron chi connectivity index (χ3n) is 6.04. The second-order valence-corrected chi connectivity index (χ2v) is 9.91. The van der Waals surface area contributed by atoms with E-state index in [9.17, 15) is 12.8 Å². The largest absolute Gasteiger partial charge is 0.456 e. The first-order valence-corrected chi connectivity index (χ1v) is 11.9. The summed E-state index contributed by atoms with van der Waals surface area (Å²) in [5, 5.41) is 0. The van der Waals surface area contributed by atoms with Crippen LogP contribution < -0.4 is 0 Å². The van der Waals surface area contributed by atoms with Crippen LogP contribution in [0.4, 0.5) is 4.39 Å². The lowest BCUT2D eigenvalue weighted by molar-refractivity contribution is -0.0776. The Hall–Kier alpha value is -2.45. The fourth-order valence-electron chi connectivity index (χ4n) is 4.69. The van der Waals surface area contributed by atoms with E-state index in [1.54, 1.807) is 12.1 Å². The molecule has 0 amide bonds. The third kappa shape index (κ3) is 3.58. The van der Waals surface area contributed by atoms with Crippen LogP contribution in [0.2, 0.25) is 0 Å². The quantitative estimate of drug-likeness (QED) is 0.701. The van der Waals surface area contributed by atoms with Gasteiger partial charge in [-0.15, -0.1) is 0 Å². The predicted octanol–water partition coefficient (Wildman–Crippen LogP) is 3.04. The SMILES string of the molecule is CS(=O)(=O)OC1CC2(CN=C(N3CCc4ccccc4[C@@H]3c3ccc(F)cc3)O2)C1. The van der Waals surface area contributed by atoms with Crippen LogP contribution in [0.25, 0.3) is 0 Å². The fraction of sp³-hybridized carbons (Fsp3) is 0.409. The van der Waals surface area contributed by atoms with Crippen LogP contribution in [0.3, 0.4) is 0 Å². The van der Waals surface area contributed by atoms with Crippen molar-refractivity contribution in [3.05, 3.63) is 71.0 Å². The Morgan fingerprint density at radius 2 is 1.90 bits per heavy atom. The second-order valence-electron chi connectivity index (χ2n) is 8.31. The first-order valence-electron chi connectivity index (χ1n) is 10.0. The van der Waals surface area contributed by atoms with Crippen molar-refractivity contribution < 1.29 is 21.7 Å². The van der Waals surface area contributed by atoms with Gasteiger partial charge in [0, 0.05) is 19.4 Å². The van der Waals surface area contributed by atoms with E-state index in [1.165, 1.54) is 17.7 Å². The zero-order chi connectivity index (χ0) is 20.9. The molecule has 6 nitrogen and oxygen atoms in total. The number of fused-ring (bicyclic) bond motifs is 1. The molecule has 1 atom stereocenters. The Bertz CT molecular complexity index is 1090. The summed E-state index contributed by atoms with van der Waals surface area (Å²) in [4.78, 5) is 6.81. The van der Waals surface area contributed by atoms with Crippen molar-refractivity contribution >= 4 is 16.1 Å². The minimum Gasteiger partial charge on any atom is -0.456 e. The van der Waals surface area contributed by atoms with Crippen LogP contribution in [-0.2, 0) is 25.5 Å². The molecule has 8 heteroatoms. The van der Waals surface area contributed by atoms with Crippen molar-refractivity contribution in [2.45, 2.75) is 37.0 Å². The molecule has 1 fully saturated rings. The van der Waals surface area contributed by atoms with Gasteiger partial charge in [-0.25, -0.2) is 9.38 Å². The molecule has 2 aromatic carbocycles. The van der Waals surface area contributed by atoms with Gasteiger partial charge in [0.05, 0.1) is 24.9 Å². The zero-order valence-electron chi connectivity index (χ0n) is 16.6. The maximum atomic E-state index is 13.5. The highest BCUT2D eigenvalue weighted by molar-refractivity contribution is 7.86. The molecule has 5 rings (SSSR count). The summed E-state index contributed by atoms with van der Waals surface area (Å²) in [5.41, 5.74) is 2.91. The molecule has 2 heterocycles. The normalized spacial score (nSPS) is 27.9. The summed E-state index contributed by atoms with van der Waals surface area (Å²) in [7, 11) is -3.48. The van der Waals surface area contributed by atoms with Crippen molar-refractivity contribution in [2.24, 2.45) is 4.99 Å². The summed E-state index contributed by atoms with van der Waals surface area (Å²) < 4.78 is 47.6. The maximum Gasteiger partial charge on any atom is 0.288 e. The van der Waals surface area contributed by atoms with Crippen LogP contribution in [0.15, 0.2) is 53.5 Å². The Labute approximate surface area is 175 Å². The molecule has 0 radical (unpaired) electrons. The van der Waals surface area contributed by atoms with E-state index in [-0.39, 0.29) is 18.0 Å². The average Bonchev–Trinajstić information content (AvgIpc) is 3.12. The molecule has 0 unspecified atom stereocenters. The Balaban J connectivity index is 1.39. The van der Waals surface area contributed by atoms with Gasteiger partial charge in [0.1, 0.15) is 11.4 Å². The van der Waals surface area contributed by atoms with Crippen LogP contribution in [0, 0.1) is 5.82 Å². The number of ether oxygens (including phenoxy) is 1. The number of hydrogen-bond donors (Lipinski definition) is 0. The first-order chi connectivity index (χ1) is 14.3. The number of rotatable bonds is 3. The number of hydrogen-bond acceptors (Lipinski definition) is 6. The van der Waals surface area contributed by atoms with E-state index in [0.717, 1.165) is 30.3 Å². The smallest absolute Gasteiger partial charge is 0.288 e. The first kappa shape index (κ1) is 19.5. The number of amidine groups is 1. The topological polar surface area (TPSA) is 68.2 Å². The van der Waals surface area contributed by atoms with Crippen molar-refractivity contribution in [3.8, 4) is 0 Å². The molecular weight excluding hydrogens is 407 g/mol. The van der Waals surface area contributed by atoms with Crippen molar-refractivity contribution in [1.29, 1.82) is 0 Å². The summed E-state index contributed by atoms with van der Waals surface area (Å²) in [6, 6.07) is 15.3. The van der Waals surface area contributed by atoms with Crippen molar-refractivity contribution in [2.75, 3.05) is 19.3 Å². The molecule has 0 saturated heterocycles. The predicted molar refractivity (Wildman–Crippen MR) is 110 cm³/mol. The Morgan fingerprint density at radius 3 is 2.63 bits per heavy atom. The molecule has 0 aromatic heterocycles. The Kier molecular flexibility index (Phi) is 4.59. The van der Waals surface area contributed by atoms with Crippen LogP contribution in [0.5, 0.6) is 0 Å². The second kappa shape index (κ2) is 7.06. The van der Waals surface area contributed by atoms with Gasteiger partial charge in [0.15, 0.2) is 0 Å². The standard InChI is InChI=1S/C22H23FN2O4S/c1-30(26,27)29-18-12-22(13-18)14-24-21(28-22)25-11-10-15-4-2-3-5-19(15)20(25)16-6-8-17(23)9-7-16/h2-9,18,20H,10-14H2,1H3/t18?,20-,22?/m0/s1. The summed E-state index contributed by atoms with van der Waals surface area (Å²) in [5.74, 6) is -0.269. The highest BCUT2D eigenvalue weighted by atomic mass is 32.2. The van der Waals surface area contributed by atoms with E-state index in [0.29, 0.717) is 25.4 Å². The van der Waals surface area contributed by atoms with Gasteiger partial charge >= 0.3 is 0 Å². The van der Waals surface area contributed by atoms with E-state index in [4.69, 9.17) is 8.92 Å². The van der Waals surface area contributed by atoms with E-state index >= 15 is 0 Å².